The van der Waals surface area contributed by atoms with E-state index in [1.807, 2.05) is 6.07 Å². The van der Waals surface area contributed by atoms with Crippen molar-refractivity contribution < 1.29 is 13.2 Å². The van der Waals surface area contributed by atoms with Crippen LogP contribution in [0, 0.1) is 11.3 Å². The predicted octanol–water partition coefficient (Wildman–Crippen LogP) is 1.08. The summed E-state index contributed by atoms with van der Waals surface area (Å²) in [6, 6.07) is 6.72. The molecule has 0 radical (unpaired) electrons. The van der Waals surface area contributed by atoms with Crippen LogP contribution in [0.4, 0.5) is 11.5 Å². The molecule has 11 heteroatoms. The number of H-pyrrole nitrogens is 1. The smallest absolute Gasteiger partial charge is 0.253 e. The van der Waals surface area contributed by atoms with Crippen molar-refractivity contribution in [2.24, 2.45) is 0 Å². The van der Waals surface area contributed by atoms with Gasteiger partial charge in [0.15, 0.2) is 5.82 Å². The largest absolute Gasteiger partial charge is 0.381 e. The van der Waals surface area contributed by atoms with Gasteiger partial charge in [0.25, 0.3) is 5.91 Å². The van der Waals surface area contributed by atoms with Gasteiger partial charge < -0.3 is 16.0 Å². The average molecular weight is 446 g/mol. The van der Waals surface area contributed by atoms with Gasteiger partial charge in [-0.3, -0.25) is 9.89 Å². The molecule has 0 aliphatic carbocycles. The van der Waals surface area contributed by atoms with Crippen LogP contribution in [0.15, 0.2) is 23.1 Å². The molecular weight excluding hydrogens is 418 g/mol. The number of aromatic nitrogens is 2. The topological polar surface area (TPSA) is 148 Å². The molecule has 0 spiro atoms. The van der Waals surface area contributed by atoms with Gasteiger partial charge in [-0.1, -0.05) is 0 Å². The van der Waals surface area contributed by atoms with Crippen LogP contribution < -0.4 is 16.0 Å². The second-order valence-corrected chi connectivity index (χ2v) is 9.75. The lowest BCUT2D eigenvalue weighted by molar-refractivity contribution is 0.0953. The van der Waals surface area contributed by atoms with E-state index in [0.29, 0.717) is 36.2 Å². The minimum atomic E-state index is -3.66. The number of nitrogen functional groups attached to an aromatic ring is 1. The molecule has 0 saturated carbocycles. The van der Waals surface area contributed by atoms with Gasteiger partial charge in [-0.25, -0.2) is 12.7 Å². The third-order valence-electron chi connectivity index (χ3n) is 5.31. The van der Waals surface area contributed by atoms with Gasteiger partial charge in [0.1, 0.15) is 11.6 Å². The second-order valence-electron chi connectivity index (χ2n) is 7.59. The first-order chi connectivity index (χ1) is 14.8. The SMILES string of the molecule is CN(C)S(=O)(=O)c1ccc(N2CCCC2)c(C(=O)NCCCc2[nH]nc(N)c2C#N)c1. The third kappa shape index (κ3) is 4.81. The van der Waals surface area contributed by atoms with Crippen molar-refractivity contribution in [2.45, 2.75) is 30.6 Å². The highest BCUT2D eigenvalue weighted by Gasteiger charge is 2.24. The van der Waals surface area contributed by atoms with Gasteiger partial charge >= 0.3 is 0 Å². The minimum Gasteiger partial charge on any atom is -0.381 e. The van der Waals surface area contributed by atoms with Gasteiger partial charge in [0.2, 0.25) is 10.0 Å². The number of hydrogen-bond donors (Lipinski definition) is 3. The average Bonchev–Trinajstić information content (AvgIpc) is 3.40. The summed E-state index contributed by atoms with van der Waals surface area (Å²) < 4.78 is 26.2. The summed E-state index contributed by atoms with van der Waals surface area (Å²) in [7, 11) is -0.740. The van der Waals surface area contributed by atoms with Crippen LogP contribution in [0.2, 0.25) is 0 Å². The van der Waals surface area contributed by atoms with E-state index in [2.05, 4.69) is 20.4 Å². The quantitative estimate of drug-likeness (QED) is 0.515. The minimum absolute atomic E-state index is 0.0807. The number of carbonyl (C=O) groups excluding carboxylic acids is 1. The van der Waals surface area contributed by atoms with Crippen LogP contribution in [0.25, 0.3) is 0 Å². The Balaban J connectivity index is 1.75. The van der Waals surface area contributed by atoms with Crippen molar-refractivity contribution in [3.05, 3.63) is 35.0 Å². The van der Waals surface area contributed by atoms with Crippen LogP contribution >= 0.6 is 0 Å². The Hall–Kier alpha value is -3.10. The number of sulfonamides is 1. The van der Waals surface area contributed by atoms with Gasteiger partial charge in [-0.05, 0) is 43.9 Å². The highest BCUT2D eigenvalue weighted by molar-refractivity contribution is 7.89. The Labute approximate surface area is 182 Å². The summed E-state index contributed by atoms with van der Waals surface area (Å²) in [5.41, 5.74) is 7.67. The summed E-state index contributed by atoms with van der Waals surface area (Å²) >= 11 is 0. The lowest BCUT2D eigenvalue weighted by atomic mass is 10.1. The molecule has 1 fully saturated rings. The summed E-state index contributed by atoms with van der Waals surface area (Å²) in [5, 5.41) is 18.6. The van der Waals surface area contributed by atoms with E-state index < -0.39 is 10.0 Å². The van der Waals surface area contributed by atoms with Crippen molar-refractivity contribution in [2.75, 3.05) is 44.4 Å². The summed E-state index contributed by atoms with van der Waals surface area (Å²) in [4.78, 5) is 15.2. The Morgan fingerprint density at radius 3 is 2.71 bits per heavy atom. The normalized spacial score (nSPS) is 14.1. The van der Waals surface area contributed by atoms with Crippen LogP contribution in [-0.2, 0) is 16.4 Å². The first-order valence-corrected chi connectivity index (χ1v) is 11.5. The maximum absolute atomic E-state index is 13.0. The van der Waals surface area contributed by atoms with E-state index in [1.54, 1.807) is 12.1 Å². The lowest BCUT2D eigenvalue weighted by Gasteiger charge is -2.22. The maximum Gasteiger partial charge on any atom is 0.253 e. The Morgan fingerprint density at radius 2 is 2.06 bits per heavy atom. The van der Waals surface area contributed by atoms with Crippen molar-refractivity contribution in [1.82, 2.24) is 19.8 Å². The summed E-state index contributed by atoms with van der Waals surface area (Å²) in [6.07, 6.45) is 3.14. The van der Waals surface area contributed by atoms with Crippen molar-refractivity contribution in [3.63, 3.8) is 0 Å². The van der Waals surface area contributed by atoms with Crippen molar-refractivity contribution in [3.8, 4) is 6.07 Å². The molecule has 1 aromatic heterocycles. The highest BCUT2D eigenvalue weighted by atomic mass is 32.2. The summed E-state index contributed by atoms with van der Waals surface area (Å²) in [6.45, 7) is 2.02. The molecule has 2 aromatic rings. The predicted molar refractivity (Wildman–Crippen MR) is 117 cm³/mol. The molecule has 1 amide bonds. The second kappa shape index (κ2) is 9.36. The van der Waals surface area contributed by atoms with Crippen LogP contribution in [0.5, 0.6) is 0 Å². The zero-order valence-corrected chi connectivity index (χ0v) is 18.5. The van der Waals surface area contributed by atoms with Gasteiger partial charge in [-0.2, -0.15) is 10.4 Å². The van der Waals surface area contributed by atoms with E-state index in [9.17, 15) is 13.2 Å². The summed E-state index contributed by atoms with van der Waals surface area (Å²) in [5.74, 6) is -0.168. The monoisotopic (exact) mass is 445 g/mol. The number of benzene rings is 1. The van der Waals surface area contributed by atoms with Gasteiger partial charge in [0, 0.05) is 39.4 Å². The number of amides is 1. The molecular formula is C20H27N7O3S. The Morgan fingerprint density at radius 1 is 1.35 bits per heavy atom. The molecule has 0 atom stereocenters. The van der Waals surface area contributed by atoms with E-state index in [-0.39, 0.29) is 16.6 Å². The molecule has 1 aromatic carbocycles. The number of nitrogens with two attached hydrogens (primary N) is 1. The van der Waals surface area contributed by atoms with Gasteiger partial charge in [0.05, 0.1) is 16.2 Å². The fourth-order valence-corrected chi connectivity index (χ4v) is 4.49. The van der Waals surface area contributed by atoms with E-state index >= 15 is 0 Å². The number of anilines is 2. The molecule has 1 aliphatic rings. The van der Waals surface area contributed by atoms with E-state index in [1.165, 1.54) is 20.2 Å². The number of nitrogens with one attached hydrogen (secondary N) is 2. The molecule has 31 heavy (non-hydrogen) atoms. The molecule has 166 valence electrons. The Bertz CT molecular complexity index is 1100. The molecule has 1 saturated heterocycles. The van der Waals surface area contributed by atoms with E-state index in [0.717, 1.165) is 35.9 Å². The first kappa shape index (κ1) is 22.6. The fraction of sp³-hybridized carbons (Fsp3) is 0.450. The fourth-order valence-electron chi connectivity index (χ4n) is 3.56. The maximum atomic E-state index is 13.0. The lowest BCUT2D eigenvalue weighted by Crippen LogP contribution is -2.29. The molecule has 1 aliphatic heterocycles. The first-order valence-electron chi connectivity index (χ1n) is 10.1. The number of nitrogens with zero attached hydrogens (tertiary/aromatic N) is 4. The van der Waals surface area contributed by atoms with Crippen LogP contribution in [0.3, 0.4) is 0 Å². The molecule has 10 nitrogen and oxygen atoms in total. The van der Waals surface area contributed by atoms with Gasteiger partial charge in [-0.15, -0.1) is 0 Å². The molecule has 3 rings (SSSR count). The molecule has 4 N–H and O–H groups in total. The molecule has 2 heterocycles. The zero-order valence-electron chi connectivity index (χ0n) is 17.7. The molecule has 0 bridgehead atoms. The number of nitriles is 1. The van der Waals surface area contributed by atoms with Crippen molar-refractivity contribution in [1.29, 1.82) is 5.26 Å². The number of aromatic amines is 1. The Kier molecular flexibility index (Phi) is 6.82. The number of rotatable bonds is 8. The van der Waals surface area contributed by atoms with Crippen LogP contribution in [0.1, 0.15) is 40.9 Å². The number of aryl methyl sites for hydroxylation is 1. The van der Waals surface area contributed by atoms with Crippen LogP contribution in [-0.4, -0.2) is 62.6 Å². The van der Waals surface area contributed by atoms with Crippen molar-refractivity contribution >= 4 is 27.4 Å². The highest BCUT2D eigenvalue weighted by Crippen LogP contribution is 2.28. The number of hydrogen-bond acceptors (Lipinski definition) is 7. The standard InChI is InChI=1S/C20H27N7O3S/c1-26(2)31(29,30)14-7-8-18(27-10-3-4-11-27)15(12-14)20(28)23-9-5-6-17-16(13-21)19(22)25-24-17/h7-8,12H,3-6,9-11H2,1-2H3,(H,23,28)(H3,22,24,25). The molecule has 0 unspecified atom stereocenters. The van der Waals surface area contributed by atoms with E-state index in [4.69, 9.17) is 11.0 Å². The number of carbonyl (C=O) groups is 1. The zero-order chi connectivity index (χ0) is 22.6. The third-order valence-corrected chi connectivity index (χ3v) is 7.12.